The van der Waals surface area contributed by atoms with E-state index in [1.165, 1.54) is 10.6 Å². The van der Waals surface area contributed by atoms with E-state index in [9.17, 15) is 0 Å². The van der Waals surface area contributed by atoms with Crippen LogP contribution in [0.1, 0.15) is 0 Å². The van der Waals surface area contributed by atoms with Crippen LogP contribution in [0.4, 0.5) is 0 Å². The molecule has 5 heterocycles. The number of hydrogen-bond donors (Lipinski definition) is 0. The Bertz CT molecular complexity index is 1970. The molecule has 2 aliphatic rings. The summed E-state index contributed by atoms with van der Waals surface area (Å²) in [6.07, 6.45) is 5.15. The first-order valence-corrected chi connectivity index (χ1v) is 14.7. The van der Waals surface area contributed by atoms with Crippen molar-refractivity contribution in [2.75, 3.05) is 0 Å². The zero-order valence-electron chi connectivity index (χ0n) is 22.4. The molecule has 0 saturated heterocycles. The average molecular weight is 754 g/mol. The summed E-state index contributed by atoms with van der Waals surface area (Å²) in [5, 5.41) is 3.54. The van der Waals surface area contributed by atoms with E-state index < -0.39 is 7.92 Å². The van der Waals surface area contributed by atoms with Gasteiger partial charge < -0.3 is 24.4 Å². The van der Waals surface area contributed by atoms with Crippen LogP contribution in [0.5, 0.6) is 23.0 Å². The van der Waals surface area contributed by atoms with E-state index >= 15 is 0 Å². The van der Waals surface area contributed by atoms with Gasteiger partial charge in [-0.25, -0.2) is 9.97 Å². The molecular formula is C34H20IrN5O2P-2. The first kappa shape index (κ1) is 27.1. The Morgan fingerprint density at radius 2 is 1.33 bits per heavy atom. The zero-order valence-corrected chi connectivity index (χ0v) is 25.7. The Balaban J connectivity index is 0.000000160. The molecule has 7 nitrogen and oxygen atoms in total. The molecule has 9 rings (SSSR count). The second kappa shape index (κ2) is 11.5. The first-order chi connectivity index (χ1) is 20.8. The van der Waals surface area contributed by atoms with Crippen LogP contribution in [0.25, 0.3) is 33.9 Å². The van der Waals surface area contributed by atoms with E-state index in [1.54, 1.807) is 24.7 Å². The van der Waals surface area contributed by atoms with Gasteiger partial charge in [-0.05, 0) is 60.0 Å². The minimum absolute atomic E-state index is 0. The van der Waals surface area contributed by atoms with Gasteiger partial charge in [0.05, 0.1) is 11.5 Å². The summed E-state index contributed by atoms with van der Waals surface area (Å²) in [5.41, 5.74) is 3.48. The van der Waals surface area contributed by atoms with E-state index in [-0.39, 0.29) is 20.1 Å². The number of fused-ring (bicyclic) bond motifs is 5. The van der Waals surface area contributed by atoms with Gasteiger partial charge in [-0.2, -0.15) is 0 Å². The van der Waals surface area contributed by atoms with E-state index in [0.717, 1.165) is 50.6 Å². The van der Waals surface area contributed by atoms with Gasteiger partial charge in [0.2, 0.25) is 0 Å². The average Bonchev–Trinajstić information content (AvgIpc) is 3.50. The normalized spacial score (nSPS) is 13.5. The standard InChI is InChI=1S/C23H13NO2P.C11H7N4.Ir/c1-3-10-21-17(8-1)25-19-13-15(16-7-5-6-12-24-16)14-20-23(19)27(21)22-11-4-2-9-18(22)26-20;1-2-5-9-8(4-1)14-11(15-9)10-12-6-3-7-13-10;/h1-13H;1-7H;/q2*-1;. The van der Waals surface area contributed by atoms with E-state index in [1.807, 2.05) is 72.8 Å². The Hall–Kier alpha value is -4.74. The van der Waals surface area contributed by atoms with Crippen molar-refractivity contribution in [1.29, 1.82) is 0 Å². The number of nitrogens with zero attached hydrogens (tertiary/aromatic N) is 5. The SMILES string of the molecule is [Ir].[c-]1c(-c2ccccn2)cc2c3c1Oc1ccccc1P3c1ccccc1O2.c1cnc(-c2nc3ccccc3[n-]2)nc1. The van der Waals surface area contributed by atoms with Crippen LogP contribution in [0, 0.1) is 6.07 Å². The zero-order chi connectivity index (χ0) is 27.9. The summed E-state index contributed by atoms with van der Waals surface area (Å²) < 4.78 is 12.5. The molecule has 0 saturated carbocycles. The Morgan fingerprint density at radius 3 is 2.07 bits per heavy atom. The fraction of sp³-hybridized carbons (Fsp3) is 0. The van der Waals surface area contributed by atoms with Crippen LogP contribution < -0.4 is 30.4 Å². The molecule has 2 aliphatic heterocycles. The van der Waals surface area contributed by atoms with Crippen LogP contribution in [0.3, 0.4) is 0 Å². The number of rotatable bonds is 2. The first-order valence-electron chi connectivity index (χ1n) is 13.3. The van der Waals surface area contributed by atoms with E-state index in [4.69, 9.17) is 9.47 Å². The predicted octanol–water partition coefficient (Wildman–Crippen LogP) is 6.16. The number of hydrogen-bond acceptors (Lipinski definition) is 6. The molecular weight excluding hydrogens is 734 g/mol. The van der Waals surface area contributed by atoms with E-state index in [2.05, 4.69) is 55.3 Å². The van der Waals surface area contributed by atoms with Crippen molar-refractivity contribution in [2.24, 2.45) is 0 Å². The maximum Gasteiger partial charge on any atom is 0.150 e. The molecule has 0 aliphatic carbocycles. The van der Waals surface area contributed by atoms with Crippen molar-refractivity contribution in [3.05, 3.63) is 128 Å². The second-order valence-electron chi connectivity index (χ2n) is 9.52. The van der Waals surface area contributed by atoms with Crippen LogP contribution in [-0.4, -0.2) is 19.9 Å². The third-order valence-electron chi connectivity index (χ3n) is 6.88. The van der Waals surface area contributed by atoms with Crippen LogP contribution in [0.15, 0.2) is 122 Å². The molecule has 0 bridgehead atoms. The minimum Gasteiger partial charge on any atom is -0.476 e. The second-order valence-corrected chi connectivity index (χ2v) is 11.6. The number of benzene rings is 4. The van der Waals surface area contributed by atoms with Crippen molar-refractivity contribution in [2.45, 2.75) is 0 Å². The van der Waals surface area contributed by atoms with Crippen LogP contribution >= 0.6 is 7.92 Å². The largest absolute Gasteiger partial charge is 0.476 e. The maximum absolute atomic E-state index is 6.29. The monoisotopic (exact) mass is 754 g/mol. The van der Waals surface area contributed by atoms with Crippen molar-refractivity contribution < 1.29 is 29.6 Å². The summed E-state index contributed by atoms with van der Waals surface area (Å²) in [5.74, 6) is 4.53. The third-order valence-corrected chi connectivity index (χ3v) is 9.45. The summed E-state index contributed by atoms with van der Waals surface area (Å²) in [4.78, 5) is 21.4. The number of para-hydroxylation sites is 4. The van der Waals surface area contributed by atoms with Gasteiger partial charge in [0.15, 0.2) is 5.82 Å². The molecule has 7 aromatic rings. The topological polar surface area (TPSA) is 84.1 Å². The van der Waals surface area contributed by atoms with Crippen molar-refractivity contribution in [3.8, 4) is 45.9 Å². The molecule has 209 valence electrons. The molecule has 0 spiro atoms. The Kier molecular flexibility index (Phi) is 7.25. The van der Waals surface area contributed by atoms with Gasteiger partial charge >= 0.3 is 0 Å². The minimum atomic E-state index is -0.734. The van der Waals surface area contributed by atoms with Crippen molar-refractivity contribution >= 4 is 34.9 Å². The quantitative estimate of drug-likeness (QED) is 0.155. The van der Waals surface area contributed by atoms with Gasteiger partial charge in [-0.3, -0.25) is 0 Å². The molecule has 43 heavy (non-hydrogen) atoms. The molecule has 0 N–H and O–H groups in total. The van der Waals surface area contributed by atoms with Crippen LogP contribution in [-0.2, 0) is 20.1 Å². The number of pyridine rings is 1. The van der Waals surface area contributed by atoms with Crippen molar-refractivity contribution in [3.63, 3.8) is 0 Å². The summed E-state index contributed by atoms with van der Waals surface area (Å²) in [6, 6.07) is 37.4. The van der Waals surface area contributed by atoms with Gasteiger partial charge in [-0.15, -0.1) is 5.56 Å². The summed E-state index contributed by atoms with van der Waals surface area (Å²) in [6.45, 7) is 0. The van der Waals surface area contributed by atoms with Gasteiger partial charge in [0, 0.05) is 49.3 Å². The Morgan fingerprint density at radius 1 is 0.651 bits per heavy atom. The molecule has 4 aromatic carbocycles. The summed E-state index contributed by atoms with van der Waals surface area (Å²) >= 11 is 0. The number of imidazole rings is 1. The van der Waals surface area contributed by atoms with E-state index in [0.29, 0.717) is 11.6 Å². The molecule has 1 unspecified atom stereocenters. The maximum atomic E-state index is 6.29. The molecule has 3 aromatic heterocycles. The van der Waals surface area contributed by atoms with Crippen LogP contribution in [0.2, 0.25) is 0 Å². The molecule has 1 atom stereocenters. The molecule has 9 heteroatoms. The van der Waals surface area contributed by atoms with Gasteiger partial charge in [-0.1, -0.05) is 84.9 Å². The molecule has 0 fully saturated rings. The molecule has 1 radical (unpaired) electrons. The molecule has 0 amide bonds. The number of ether oxygens (including phenoxy) is 2. The number of aromatic nitrogens is 5. The smallest absolute Gasteiger partial charge is 0.150 e. The summed E-state index contributed by atoms with van der Waals surface area (Å²) in [7, 11) is -0.734. The van der Waals surface area contributed by atoms with Gasteiger partial charge in [0.25, 0.3) is 0 Å². The van der Waals surface area contributed by atoms with Gasteiger partial charge in [0.1, 0.15) is 11.5 Å². The predicted molar refractivity (Wildman–Crippen MR) is 163 cm³/mol. The Labute approximate surface area is 262 Å². The van der Waals surface area contributed by atoms with Crippen molar-refractivity contribution in [1.82, 2.24) is 24.9 Å². The third kappa shape index (κ3) is 5.00. The fourth-order valence-electron chi connectivity index (χ4n) is 5.03. The fourth-order valence-corrected chi connectivity index (χ4v) is 7.56.